The van der Waals surface area contributed by atoms with Crippen LogP contribution in [0.5, 0.6) is 0 Å². The molecular weight excluding hydrogens is 424 g/mol. The number of carbonyl (C=O) groups excluding carboxylic acids is 1. The van der Waals surface area contributed by atoms with Crippen molar-refractivity contribution < 1.29 is 4.79 Å². The summed E-state index contributed by atoms with van der Waals surface area (Å²) in [7, 11) is 0. The quantitative estimate of drug-likeness (QED) is 0.596. The Labute approximate surface area is 171 Å². The van der Waals surface area contributed by atoms with Crippen LogP contribution in [-0.2, 0) is 11.2 Å². The fourth-order valence-electron chi connectivity index (χ4n) is 3.48. The third-order valence-electron chi connectivity index (χ3n) is 4.95. The van der Waals surface area contributed by atoms with E-state index in [1.807, 2.05) is 11.0 Å². The molecule has 0 atom stereocenters. The predicted octanol–water partition coefficient (Wildman–Crippen LogP) is 4.29. The number of nitrogens with one attached hydrogen (secondary N) is 1. The summed E-state index contributed by atoms with van der Waals surface area (Å²) in [5.74, 6) is 1.27. The van der Waals surface area contributed by atoms with Crippen molar-refractivity contribution >= 4 is 44.8 Å². The van der Waals surface area contributed by atoms with E-state index in [0.717, 1.165) is 47.5 Å². The zero-order valence-corrected chi connectivity index (χ0v) is 17.3. The minimum Gasteiger partial charge on any atom is -0.342 e. The van der Waals surface area contributed by atoms with Crippen molar-refractivity contribution in [3.8, 4) is 0 Å². The van der Waals surface area contributed by atoms with E-state index in [9.17, 15) is 4.79 Å². The smallest absolute Gasteiger partial charge is 0.233 e. The largest absolute Gasteiger partial charge is 0.342 e. The van der Waals surface area contributed by atoms with Crippen molar-refractivity contribution in [1.29, 1.82) is 0 Å². The molecule has 27 heavy (non-hydrogen) atoms. The second-order valence-electron chi connectivity index (χ2n) is 6.87. The number of rotatable bonds is 5. The lowest BCUT2D eigenvalue weighted by molar-refractivity contribution is -0.129. The van der Waals surface area contributed by atoms with E-state index in [2.05, 4.69) is 61.2 Å². The molecule has 5 nitrogen and oxygen atoms in total. The van der Waals surface area contributed by atoms with Crippen molar-refractivity contribution in [2.24, 2.45) is 5.92 Å². The number of H-pyrrole nitrogens is 1. The highest BCUT2D eigenvalue weighted by molar-refractivity contribution is 9.10. The van der Waals surface area contributed by atoms with E-state index >= 15 is 0 Å². The summed E-state index contributed by atoms with van der Waals surface area (Å²) < 4.78 is 0.907. The molecule has 0 bridgehead atoms. The van der Waals surface area contributed by atoms with Gasteiger partial charge in [0.2, 0.25) is 5.91 Å². The number of hydrogen-bond acceptors (Lipinski definition) is 4. The van der Waals surface area contributed by atoms with Crippen LogP contribution in [0.2, 0.25) is 0 Å². The standard InChI is InChI=1S/C20H21BrN4OS/c21-16-11-17-19(22-12-16)24-20(23-17)27-13-18(26)25-8-6-15(7-9-25)10-14-4-2-1-3-5-14/h1-5,11-12,15H,6-10,13H2,(H,22,23,24). The van der Waals surface area contributed by atoms with E-state index in [1.54, 1.807) is 6.20 Å². The highest BCUT2D eigenvalue weighted by Gasteiger charge is 2.23. The molecule has 1 fully saturated rings. The third-order valence-corrected chi connectivity index (χ3v) is 6.24. The van der Waals surface area contributed by atoms with Crippen molar-refractivity contribution in [3.05, 3.63) is 52.6 Å². The molecule has 0 saturated carbocycles. The van der Waals surface area contributed by atoms with Crippen molar-refractivity contribution in [2.45, 2.75) is 24.4 Å². The van der Waals surface area contributed by atoms with E-state index in [4.69, 9.17) is 0 Å². The van der Waals surface area contributed by atoms with Gasteiger partial charge in [-0.3, -0.25) is 4.79 Å². The Bertz CT molecular complexity index is 922. The van der Waals surface area contributed by atoms with Crippen molar-refractivity contribution in [1.82, 2.24) is 19.9 Å². The predicted molar refractivity (Wildman–Crippen MR) is 112 cm³/mol. The van der Waals surface area contributed by atoms with Crippen LogP contribution in [0.4, 0.5) is 0 Å². The summed E-state index contributed by atoms with van der Waals surface area (Å²) >= 11 is 4.85. The number of benzene rings is 1. The fourth-order valence-corrected chi connectivity index (χ4v) is 4.58. The van der Waals surface area contributed by atoms with E-state index in [0.29, 0.717) is 17.3 Å². The zero-order chi connectivity index (χ0) is 18.6. The number of pyridine rings is 1. The van der Waals surface area contributed by atoms with Crippen LogP contribution in [0, 0.1) is 5.92 Å². The van der Waals surface area contributed by atoms with Gasteiger partial charge >= 0.3 is 0 Å². The molecule has 0 unspecified atom stereocenters. The lowest BCUT2D eigenvalue weighted by Crippen LogP contribution is -2.39. The number of carbonyl (C=O) groups is 1. The Morgan fingerprint density at radius 2 is 2.04 bits per heavy atom. The molecule has 2 aromatic heterocycles. The molecule has 1 amide bonds. The summed E-state index contributed by atoms with van der Waals surface area (Å²) in [6.07, 6.45) is 4.99. The van der Waals surface area contributed by atoms with Gasteiger partial charge in [-0.2, -0.15) is 0 Å². The number of imidazole rings is 1. The second kappa shape index (κ2) is 8.44. The maximum atomic E-state index is 12.5. The number of fused-ring (bicyclic) bond motifs is 1. The van der Waals surface area contributed by atoms with Crippen molar-refractivity contribution in [2.75, 3.05) is 18.8 Å². The molecule has 3 heterocycles. The molecule has 1 aliphatic rings. The number of piperidine rings is 1. The Kier molecular flexibility index (Phi) is 5.78. The number of halogens is 1. The maximum Gasteiger partial charge on any atom is 0.233 e. The lowest BCUT2D eigenvalue weighted by atomic mass is 9.90. The lowest BCUT2D eigenvalue weighted by Gasteiger charge is -2.32. The number of likely N-dealkylation sites (tertiary alicyclic amines) is 1. The molecule has 140 valence electrons. The molecule has 1 aromatic carbocycles. The first kappa shape index (κ1) is 18.5. The molecule has 1 aliphatic heterocycles. The van der Waals surface area contributed by atoms with Gasteiger partial charge in [0.1, 0.15) is 0 Å². The van der Waals surface area contributed by atoms with Crippen LogP contribution < -0.4 is 0 Å². The van der Waals surface area contributed by atoms with Crippen LogP contribution in [0.1, 0.15) is 18.4 Å². The summed E-state index contributed by atoms with van der Waals surface area (Å²) in [5, 5.41) is 0.739. The number of aromatic amines is 1. The van der Waals surface area contributed by atoms with E-state index in [-0.39, 0.29) is 5.91 Å². The fraction of sp³-hybridized carbons (Fsp3) is 0.350. The number of thioether (sulfide) groups is 1. The summed E-state index contributed by atoms with van der Waals surface area (Å²) in [4.78, 5) is 26.5. The Morgan fingerprint density at radius 1 is 1.26 bits per heavy atom. The minimum atomic E-state index is 0.188. The van der Waals surface area contributed by atoms with Gasteiger partial charge in [0.05, 0.1) is 11.3 Å². The van der Waals surface area contributed by atoms with Crippen LogP contribution in [0.25, 0.3) is 11.2 Å². The topological polar surface area (TPSA) is 61.9 Å². The summed E-state index contributed by atoms with van der Waals surface area (Å²) in [6.45, 7) is 1.71. The highest BCUT2D eigenvalue weighted by atomic mass is 79.9. The molecule has 4 rings (SSSR count). The molecule has 3 aromatic rings. The summed E-state index contributed by atoms with van der Waals surface area (Å²) in [6, 6.07) is 12.6. The molecule has 0 aliphatic carbocycles. The maximum absolute atomic E-state index is 12.5. The zero-order valence-electron chi connectivity index (χ0n) is 14.9. The van der Waals surface area contributed by atoms with Crippen LogP contribution in [0.15, 0.2) is 52.2 Å². The molecule has 7 heteroatoms. The van der Waals surface area contributed by atoms with Gasteiger partial charge in [-0.25, -0.2) is 9.97 Å². The van der Waals surface area contributed by atoms with Gasteiger partial charge in [-0.05, 0) is 52.7 Å². The molecule has 1 saturated heterocycles. The monoisotopic (exact) mass is 444 g/mol. The Balaban J connectivity index is 1.26. The van der Waals surface area contributed by atoms with Crippen LogP contribution in [-0.4, -0.2) is 44.6 Å². The Morgan fingerprint density at radius 3 is 2.81 bits per heavy atom. The van der Waals surface area contributed by atoms with Gasteiger partial charge in [-0.15, -0.1) is 0 Å². The average Bonchev–Trinajstić information content (AvgIpc) is 3.09. The first-order chi connectivity index (χ1) is 13.2. The van der Waals surface area contributed by atoms with Gasteiger partial charge in [-0.1, -0.05) is 42.1 Å². The molecule has 1 N–H and O–H groups in total. The minimum absolute atomic E-state index is 0.188. The van der Waals surface area contributed by atoms with Gasteiger partial charge in [0, 0.05) is 23.8 Å². The van der Waals surface area contributed by atoms with E-state index < -0.39 is 0 Å². The van der Waals surface area contributed by atoms with Gasteiger partial charge < -0.3 is 9.88 Å². The van der Waals surface area contributed by atoms with Crippen molar-refractivity contribution in [3.63, 3.8) is 0 Å². The number of amides is 1. The normalized spacial score (nSPS) is 15.4. The second-order valence-corrected chi connectivity index (χ2v) is 8.75. The SMILES string of the molecule is O=C(CSc1nc2ncc(Br)cc2[nH]1)N1CCC(Cc2ccccc2)CC1. The van der Waals surface area contributed by atoms with Gasteiger partial charge in [0.25, 0.3) is 0 Å². The molecule has 0 spiro atoms. The average molecular weight is 445 g/mol. The van der Waals surface area contributed by atoms with Crippen LogP contribution >= 0.6 is 27.7 Å². The molecule has 0 radical (unpaired) electrons. The first-order valence-electron chi connectivity index (χ1n) is 9.13. The number of aromatic nitrogens is 3. The van der Waals surface area contributed by atoms with Crippen LogP contribution in [0.3, 0.4) is 0 Å². The first-order valence-corrected chi connectivity index (χ1v) is 10.9. The third kappa shape index (κ3) is 4.71. The summed E-state index contributed by atoms with van der Waals surface area (Å²) in [5.41, 5.74) is 2.94. The van der Waals surface area contributed by atoms with E-state index in [1.165, 1.54) is 17.3 Å². The highest BCUT2D eigenvalue weighted by Crippen LogP contribution is 2.24. The Hall–Kier alpha value is -1.86. The van der Waals surface area contributed by atoms with Gasteiger partial charge in [0.15, 0.2) is 10.8 Å². The number of hydrogen-bond donors (Lipinski definition) is 1. The molecular formula is C20H21BrN4OS. The number of nitrogens with zero attached hydrogens (tertiary/aromatic N) is 3.